The normalized spacial score (nSPS) is 40.4. The van der Waals surface area contributed by atoms with Gasteiger partial charge in [0.15, 0.2) is 0 Å². The van der Waals surface area contributed by atoms with Crippen molar-refractivity contribution in [2.24, 2.45) is 16.7 Å². The van der Waals surface area contributed by atoms with E-state index in [4.69, 9.17) is 0 Å². The molecule has 0 heterocycles. The van der Waals surface area contributed by atoms with Crippen LogP contribution in [0.2, 0.25) is 0 Å². The van der Waals surface area contributed by atoms with Crippen molar-refractivity contribution < 1.29 is 4.79 Å². The Morgan fingerprint density at radius 3 is 2.65 bits per heavy atom. The summed E-state index contributed by atoms with van der Waals surface area (Å²) >= 11 is 3.85. The van der Waals surface area contributed by atoms with Gasteiger partial charge in [0, 0.05) is 10.7 Å². The molecule has 2 heteroatoms. The maximum Gasteiger partial charge on any atom is 0.132 e. The SMILES string of the molecule is CC(=O)[C@H]1CC[C@@]2(C1)C(C)=CC[C@H](Br)C2(C)C. The number of alkyl halides is 1. The van der Waals surface area contributed by atoms with Gasteiger partial charge in [0.1, 0.15) is 5.78 Å². The Balaban J connectivity index is 2.38. The van der Waals surface area contributed by atoms with Gasteiger partial charge in [-0.2, -0.15) is 0 Å². The molecule has 96 valence electrons. The molecule has 0 saturated heterocycles. The first-order valence-corrected chi connectivity index (χ1v) is 7.54. The smallest absolute Gasteiger partial charge is 0.132 e. The molecule has 0 amide bonds. The fourth-order valence-corrected chi connectivity index (χ4v) is 4.54. The van der Waals surface area contributed by atoms with Gasteiger partial charge in [0.05, 0.1) is 0 Å². The standard InChI is InChI=1S/C15H23BrO/c1-10-5-6-13(16)14(3,4)15(10)8-7-12(9-15)11(2)17/h5,12-13H,6-9H2,1-4H3/t12-,13-,15+/m0/s1. The molecule has 0 aliphatic heterocycles. The molecule has 2 aliphatic rings. The third-order valence-electron chi connectivity index (χ3n) is 5.49. The summed E-state index contributed by atoms with van der Waals surface area (Å²) in [5.41, 5.74) is 2.01. The molecule has 0 bridgehead atoms. The van der Waals surface area contributed by atoms with Crippen molar-refractivity contribution in [3.63, 3.8) is 0 Å². The van der Waals surface area contributed by atoms with Gasteiger partial charge in [-0.05, 0) is 50.4 Å². The number of rotatable bonds is 1. The summed E-state index contributed by atoms with van der Waals surface area (Å²) in [4.78, 5) is 12.2. The molecule has 1 nitrogen and oxygen atoms in total. The lowest BCUT2D eigenvalue weighted by Crippen LogP contribution is -2.45. The van der Waals surface area contributed by atoms with E-state index in [-0.39, 0.29) is 16.7 Å². The number of Topliss-reactive ketones (excluding diaryl/α,β-unsaturated/α-hetero) is 1. The lowest BCUT2D eigenvalue weighted by Gasteiger charge is -2.51. The van der Waals surface area contributed by atoms with Crippen LogP contribution >= 0.6 is 15.9 Å². The molecule has 0 N–H and O–H groups in total. The van der Waals surface area contributed by atoms with Crippen LogP contribution in [-0.2, 0) is 4.79 Å². The van der Waals surface area contributed by atoms with Crippen LogP contribution in [0.5, 0.6) is 0 Å². The van der Waals surface area contributed by atoms with E-state index in [1.165, 1.54) is 12.0 Å². The quantitative estimate of drug-likeness (QED) is 0.514. The van der Waals surface area contributed by atoms with E-state index in [9.17, 15) is 4.79 Å². The first-order valence-electron chi connectivity index (χ1n) is 6.63. The summed E-state index contributed by atoms with van der Waals surface area (Å²) in [6, 6.07) is 0. The largest absolute Gasteiger partial charge is 0.300 e. The zero-order chi connectivity index (χ0) is 12.8. The van der Waals surface area contributed by atoms with Gasteiger partial charge in [-0.15, -0.1) is 0 Å². The molecule has 0 aromatic heterocycles. The lowest BCUT2D eigenvalue weighted by molar-refractivity contribution is -0.120. The van der Waals surface area contributed by atoms with Gasteiger partial charge < -0.3 is 0 Å². The summed E-state index contributed by atoms with van der Waals surface area (Å²) in [7, 11) is 0. The minimum atomic E-state index is 0.246. The molecule has 2 rings (SSSR count). The number of halogens is 1. The van der Waals surface area contributed by atoms with Gasteiger partial charge in [0.25, 0.3) is 0 Å². The number of hydrogen-bond acceptors (Lipinski definition) is 1. The van der Waals surface area contributed by atoms with Crippen molar-refractivity contribution in [2.45, 2.75) is 58.2 Å². The molecule has 2 aliphatic carbocycles. The summed E-state index contributed by atoms with van der Waals surface area (Å²) in [6.45, 7) is 8.75. The van der Waals surface area contributed by atoms with Crippen LogP contribution in [0.3, 0.4) is 0 Å². The van der Waals surface area contributed by atoms with E-state index in [2.05, 4.69) is 42.8 Å². The third kappa shape index (κ3) is 1.83. The molecule has 17 heavy (non-hydrogen) atoms. The average molecular weight is 299 g/mol. The van der Waals surface area contributed by atoms with E-state index < -0.39 is 0 Å². The van der Waals surface area contributed by atoms with Gasteiger partial charge in [-0.1, -0.05) is 41.4 Å². The molecular weight excluding hydrogens is 276 g/mol. The zero-order valence-corrected chi connectivity index (χ0v) is 12.9. The monoisotopic (exact) mass is 298 g/mol. The topological polar surface area (TPSA) is 17.1 Å². The van der Waals surface area contributed by atoms with Crippen LogP contribution < -0.4 is 0 Å². The molecule has 1 fully saturated rings. The summed E-state index contributed by atoms with van der Waals surface area (Å²) in [6.07, 6.45) is 6.80. The second-order valence-corrected chi connectivity index (χ2v) is 7.55. The van der Waals surface area contributed by atoms with Crippen LogP contribution in [-0.4, -0.2) is 10.6 Å². The molecule has 3 atom stereocenters. The van der Waals surface area contributed by atoms with E-state index in [0.29, 0.717) is 10.6 Å². The molecule has 1 saturated carbocycles. The van der Waals surface area contributed by atoms with Crippen LogP contribution in [0.15, 0.2) is 11.6 Å². The lowest BCUT2D eigenvalue weighted by atomic mass is 9.56. The molecular formula is C15H23BrO. The molecule has 0 radical (unpaired) electrons. The van der Waals surface area contributed by atoms with Crippen LogP contribution in [0.1, 0.15) is 53.4 Å². The number of allylic oxidation sites excluding steroid dienone is 2. The fraction of sp³-hybridized carbons (Fsp3) is 0.800. The molecule has 0 aromatic rings. The molecule has 0 aromatic carbocycles. The van der Waals surface area contributed by atoms with E-state index in [1.807, 2.05) is 0 Å². The van der Waals surface area contributed by atoms with Gasteiger partial charge >= 0.3 is 0 Å². The highest BCUT2D eigenvalue weighted by molar-refractivity contribution is 9.09. The predicted octanol–water partition coefficient (Wildman–Crippen LogP) is 4.50. The van der Waals surface area contributed by atoms with E-state index in [0.717, 1.165) is 19.3 Å². The van der Waals surface area contributed by atoms with E-state index >= 15 is 0 Å². The number of carbonyl (C=O) groups excluding carboxylic acids is 1. The first kappa shape index (κ1) is 13.3. The summed E-state index contributed by atoms with van der Waals surface area (Å²) in [5.74, 6) is 0.664. The molecule has 1 spiro atoms. The Morgan fingerprint density at radius 2 is 2.12 bits per heavy atom. The number of hydrogen-bond donors (Lipinski definition) is 0. The van der Waals surface area contributed by atoms with Gasteiger partial charge in [0.2, 0.25) is 0 Å². The maximum atomic E-state index is 11.6. The first-order chi connectivity index (χ1) is 7.81. The van der Waals surface area contributed by atoms with Crippen molar-refractivity contribution >= 4 is 21.7 Å². The van der Waals surface area contributed by atoms with Crippen LogP contribution in [0.25, 0.3) is 0 Å². The second-order valence-electron chi connectivity index (χ2n) is 6.44. The Hall–Kier alpha value is -0.110. The maximum absolute atomic E-state index is 11.6. The second kappa shape index (κ2) is 4.22. The van der Waals surface area contributed by atoms with Crippen molar-refractivity contribution in [3.05, 3.63) is 11.6 Å². The average Bonchev–Trinajstić information content (AvgIpc) is 2.69. The molecule has 0 unspecified atom stereocenters. The van der Waals surface area contributed by atoms with Gasteiger partial charge in [-0.3, -0.25) is 4.79 Å². The Kier molecular flexibility index (Phi) is 3.31. The minimum absolute atomic E-state index is 0.246. The summed E-state index contributed by atoms with van der Waals surface area (Å²) in [5, 5.41) is 0. The van der Waals surface area contributed by atoms with Crippen LogP contribution in [0, 0.1) is 16.7 Å². The van der Waals surface area contributed by atoms with Crippen molar-refractivity contribution in [3.8, 4) is 0 Å². The Morgan fingerprint density at radius 1 is 1.47 bits per heavy atom. The van der Waals surface area contributed by atoms with E-state index in [1.54, 1.807) is 6.92 Å². The Labute approximate surface area is 113 Å². The third-order valence-corrected chi connectivity index (χ3v) is 7.01. The Bertz CT molecular complexity index is 369. The minimum Gasteiger partial charge on any atom is -0.300 e. The zero-order valence-electron chi connectivity index (χ0n) is 11.3. The number of ketones is 1. The highest BCUT2D eigenvalue weighted by Crippen LogP contribution is 2.62. The van der Waals surface area contributed by atoms with Crippen molar-refractivity contribution in [1.82, 2.24) is 0 Å². The number of carbonyl (C=O) groups is 1. The highest BCUT2D eigenvalue weighted by atomic mass is 79.9. The highest BCUT2D eigenvalue weighted by Gasteiger charge is 2.55. The van der Waals surface area contributed by atoms with Crippen LogP contribution in [0.4, 0.5) is 0 Å². The van der Waals surface area contributed by atoms with Crippen molar-refractivity contribution in [1.29, 1.82) is 0 Å². The fourth-order valence-electron chi connectivity index (χ4n) is 3.91. The predicted molar refractivity (Wildman–Crippen MR) is 75.3 cm³/mol. The van der Waals surface area contributed by atoms with Crippen molar-refractivity contribution in [2.75, 3.05) is 0 Å². The summed E-state index contributed by atoms with van der Waals surface area (Å²) < 4.78 is 0. The van der Waals surface area contributed by atoms with Gasteiger partial charge in [-0.25, -0.2) is 0 Å².